The van der Waals surface area contributed by atoms with Crippen LogP contribution in [0, 0.1) is 5.92 Å². The monoisotopic (exact) mass is 145 g/mol. The minimum Gasteiger partial charge on any atom is -0.390 e. The number of hydrogen-bond acceptors (Lipinski definition) is 3. The highest BCUT2D eigenvalue weighted by Gasteiger charge is 2.28. The summed E-state index contributed by atoms with van der Waals surface area (Å²) in [6.07, 6.45) is 1.54. The molecular formula is C7H15NO2. The van der Waals surface area contributed by atoms with E-state index in [1.165, 1.54) is 0 Å². The Morgan fingerprint density at radius 2 is 2.00 bits per heavy atom. The van der Waals surface area contributed by atoms with E-state index in [1.54, 1.807) is 0 Å². The first kappa shape index (κ1) is 7.98. The van der Waals surface area contributed by atoms with Crippen LogP contribution in [0.4, 0.5) is 0 Å². The predicted molar refractivity (Wildman–Crippen MR) is 38.4 cm³/mol. The number of hydrogen-bond donors (Lipinski definition) is 3. The van der Waals surface area contributed by atoms with Crippen molar-refractivity contribution in [2.75, 3.05) is 6.54 Å². The highest BCUT2D eigenvalue weighted by atomic mass is 16.3. The molecule has 10 heavy (non-hydrogen) atoms. The van der Waals surface area contributed by atoms with E-state index in [-0.39, 0.29) is 5.92 Å². The van der Waals surface area contributed by atoms with Gasteiger partial charge in [0.05, 0.1) is 12.2 Å². The molecule has 0 heterocycles. The zero-order valence-corrected chi connectivity index (χ0v) is 6.03. The van der Waals surface area contributed by atoms with E-state index in [0.717, 1.165) is 19.3 Å². The lowest BCUT2D eigenvalue weighted by Crippen LogP contribution is -2.40. The van der Waals surface area contributed by atoms with Crippen LogP contribution in [-0.4, -0.2) is 29.0 Å². The summed E-state index contributed by atoms with van der Waals surface area (Å²) in [6, 6.07) is 0. The molecule has 0 aromatic heterocycles. The molecule has 4 N–H and O–H groups in total. The van der Waals surface area contributed by atoms with Gasteiger partial charge in [-0.2, -0.15) is 0 Å². The Morgan fingerprint density at radius 1 is 1.30 bits per heavy atom. The van der Waals surface area contributed by atoms with Crippen LogP contribution in [0.25, 0.3) is 0 Å². The molecule has 0 spiro atoms. The smallest absolute Gasteiger partial charge is 0.0839 e. The average Bonchev–Trinajstić information content (AvgIpc) is 1.95. The minimum absolute atomic E-state index is 0.115. The van der Waals surface area contributed by atoms with E-state index < -0.39 is 12.2 Å². The van der Waals surface area contributed by atoms with Gasteiger partial charge in [-0.3, -0.25) is 0 Å². The molecule has 0 saturated heterocycles. The van der Waals surface area contributed by atoms with Crippen molar-refractivity contribution >= 4 is 0 Å². The molecule has 1 aliphatic rings. The molecule has 1 saturated carbocycles. The second kappa shape index (κ2) is 3.32. The van der Waals surface area contributed by atoms with Gasteiger partial charge in [0, 0.05) is 0 Å². The van der Waals surface area contributed by atoms with Crippen molar-refractivity contribution in [3.05, 3.63) is 0 Å². The van der Waals surface area contributed by atoms with E-state index >= 15 is 0 Å². The molecule has 0 radical (unpaired) electrons. The summed E-state index contributed by atoms with van der Waals surface area (Å²) in [6.45, 7) is 0.484. The molecular weight excluding hydrogens is 130 g/mol. The zero-order valence-electron chi connectivity index (χ0n) is 6.03. The van der Waals surface area contributed by atoms with E-state index in [2.05, 4.69) is 0 Å². The van der Waals surface area contributed by atoms with E-state index in [0.29, 0.717) is 6.54 Å². The molecule has 0 aliphatic heterocycles. The maximum Gasteiger partial charge on any atom is 0.0839 e. The highest BCUT2D eigenvalue weighted by molar-refractivity contribution is 4.81. The lowest BCUT2D eigenvalue weighted by atomic mass is 9.85. The Labute approximate surface area is 60.9 Å². The first-order chi connectivity index (χ1) is 4.75. The van der Waals surface area contributed by atoms with E-state index in [1.807, 2.05) is 0 Å². The van der Waals surface area contributed by atoms with Crippen molar-refractivity contribution in [2.45, 2.75) is 31.5 Å². The quantitative estimate of drug-likeness (QED) is 0.464. The third-order valence-electron chi connectivity index (χ3n) is 2.25. The summed E-state index contributed by atoms with van der Waals surface area (Å²) in [5, 5.41) is 18.5. The molecule has 1 fully saturated rings. The number of nitrogens with two attached hydrogens (primary N) is 1. The third kappa shape index (κ3) is 1.48. The summed E-state index contributed by atoms with van der Waals surface area (Å²) in [4.78, 5) is 0. The molecule has 0 aromatic carbocycles. The molecule has 3 nitrogen and oxygen atoms in total. The molecule has 3 heteroatoms. The maximum absolute atomic E-state index is 9.31. The fraction of sp³-hybridized carbons (Fsp3) is 1.00. The van der Waals surface area contributed by atoms with Crippen LogP contribution in [-0.2, 0) is 0 Å². The minimum atomic E-state index is -0.584. The van der Waals surface area contributed by atoms with Gasteiger partial charge in [-0.05, 0) is 25.3 Å². The van der Waals surface area contributed by atoms with Crippen LogP contribution in [0.1, 0.15) is 19.3 Å². The van der Waals surface area contributed by atoms with Crippen molar-refractivity contribution in [3.63, 3.8) is 0 Å². The van der Waals surface area contributed by atoms with E-state index in [9.17, 15) is 10.2 Å². The highest BCUT2D eigenvalue weighted by Crippen LogP contribution is 2.23. The van der Waals surface area contributed by atoms with Crippen LogP contribution in [0.3, 0.4) is 0 Å². The number of rotatable bonds is 1. The lowest BCUT2D eigenvalue weighted by Gasteiger charge is -2.30. The first-order valence-electron chi connectivity index (χ1n) is 3.82. The summed E-state index contributed by atoms with van der Waals surface area (Å²) < 4.78 is 0. The van der Waals surface area contributed by atoms with Crippen LogP contribution in [0.5, 0.6) is 0 Å². The van der Waals surface area contributed by atoms with Gasteiger partial charge >= 0.3 is 0 Å². The fourth-order valence-electron chi connectivity index (χ4n) is 1.50. The standard InChI is InChI=1S/C7H15NO2/c8-4-5-2-1-3-6(9)7(5)10/h5-7,9-10H,1-4,8H2/t5-,6+,7-/m0/s1. The Bertz CT molecular complexity index is 108. The van der Waals surface area contributed by atoms with E-state index in [4.69, 9.17) is 5.73 Å². The molecule has 0 amide bonds. The average molecular weight is 145 g/mol. The summed E-state index contributed by atoms with van der Waals surface area (Å²) in [5.41, 5.74) is 5.38. The number of aliphatic hydroxyl groups is 2. The summed E-state index contributed by atoms with van der Waals surface area (Å²) in [5.74, 6) is 0.115. The third-order valence-corrected chi connectivity index (χ3v) is 2.25. The van der Waals surface area contributed by atoms with Gasteiger partial charge < -0.3 is 15.9 Å². The van der Waals surface area contributed by atoms with Crippen LogP contribution >= 0.6 is 0 Å². The van der Waals surface area contributed by atoms with Crippen LogP contribution < -0.4 is 5.73 Å². The Morgan fingerprint density at radius 3 is 2.50 bits per heavy atom. The lowest BCUT2D eigenvalue weighted by molar-refractivity contribution is -0.0417. The Hall–Kier alpha value is -0.120. The number of aliphatic hydroxyl groups excluding tert-OH is 2. The van der Waals surface area contributed by atoms with Crippen LogP contribution in [0.15, 0.2) is 0 Å². The molecule has 60 valence electrons. The molecule has 0 aromatic rings. The molecule has 3 atom stereocenters. The van der Waals surface area contributed by atoms with Gasteiger partial charge in [-0.1, -0.05) is 6.42 Å². The first-order valence-corrected chi connectivity index (χ1v) is 3.82. The van der Waals surface area contributed by atoms with Crippen LogP contribution in [0.2, 0.25) is 0 Å². The van der Waals surface area contributed by atoms with Gasteiger partial charge in [0.2, 0.25) is 0 Å². The van der Waals surface area contributed by atoms with Crippen molar-refractivity contribution < 1.29 is 10.2 Å². The SMILES string of the molecule is NC[C@@H]1CCC[C@@H](O)[C@H]1O. The Balaban J connectivity index is 2.42. The topological polar surface area (TPSA) is 66.5 Å². The predicted octanol–water partition coefficient (Wildman–Crippen LogP) is -0.533. The molecule has 0 bridgehead atoms. The van der Waals surface area contributed by atoms with Crippen molar-refractivity contribution in [3.8, 4) is 0 Å². The molecule has 1 rings (SSSR count). The van der Waals surface area contributed by atoms with Gasteiger partial charge in [-0.15, -0.1) is 0 Å². The van der Waals surface area contributed by atoms with Gasteiger partial charge in [0.1, 0.15) is 0 Å². The van der Waals surface area contributed by atoms with Gasteiger partial charge in [-0.25, -0.2) is 0 Å². The normalized spacial score (nSPS) is 41.7. The van der Waals surface area contributed by atoms with Gasteiger partial charge in [0.25, 0.3) is 0 Å². The summed E-state index contributed by atoms with van der Waals surface area (Å²) in [7, 11) is 0. The summed E-state index contributed by atoms with van der Waals surface area (Å²) >= 11 is 0. The Kier molecular flexibility index (Phi) is 2.65. The molecule has 1 aliphatic carbocycles. The molecule has 0 unspecified atom stereocenters. The maximum atomic E-state index is 9.31. The van der Waals surface area contributed by atoms with Crippen molar-refractivity contribution in [2.24, 2.45) is 11.7 Å². The second-order valence-electron chi connectivity index (χ2n) is 2.98. The van der Waals surface area contributed by atoms with Gasteiger partial charge in [0.15, 0.2) is 0 Å². The fourth-order valence-corrected chi connectivity index (χ4v) is 1.50. The van der Waals surface area contributed by atoms with Crippen molar-refractivity contribution in [1.82, 2.24) is 0 Å². The van der Waals surface area contributed by atoms with Crippen molar-refractivity contribution in [1.29, 1.82) is 0 Å². The zero-order chi connectivity index (χ0) is 7.56. The second-order valence-corrected chi connectivity index (χ2v) is 2.98. The largest absolute Gasteiger partial charge is 0.390 e.